The third kappa shape index (κ3) is 6.01. The second-order valence-electron chi connectivity index (χ2n) is 5.73. The molecule has 1 amide bonds. The highest BCUT2D eigenvalue weighted by Crippen LogP contribution is 2.22. The Hall–Kier alpha value is -1.31. The topological polar surface area (TPSA) is 92.5 Å². The Morgan fingerprint density at radius 3 is 2.78 bits per heavy atom. The van der Waals surface area contributed by atoms with E-state index < -0.39 is 10.0 Å². The number of piperidine rings is 1. The van der Waals surface area contributed by atoms with Gasteiger partial charge in [-0.1, -0.05) is 6.07 Å². The van der Waals surface area contributed by atoms with Crippen molar-refractivity contribution in [3.8, 4) is 0 Å². The molecule has 1 heterocycles. The van der Waals surface area contributed by atoms with Crippen molar-refractivity contribution >= 4 is 34.0 Å². The maximum atomic E-state index is 12.7. The van der Waals surface area contributed by atoms with Crippen molar-refractivity contribution in [2.75, 3.05) is 25.1 Å². The Kier molecular flexibility index (Phi) is 7.31. The van der Waals surface area contributed by atoms with Crippen molar-refractivity contribution in [2.45, 2.75) is 31.7 Å². The van der Waals surface area contributed by atoms with Crippen LogP contribution in [-0.2, 0) is 10.0 Å². The number of carbonyl (C=O) groups is 1. The number of nitrogens with zero attached hydrogens (tertiary/aromatic N) is 1. The monoisotopic (exact) mass is 361 g/mol. The number of carbonyl (C=O) groups excluding carboxylic acids is 1. The minimum absolute atomic E-state index is 0. The molecule has 0 saturated carbocycles. The fourth-order valence-corrected chi connectivity index (χ4v) is 3.31. The Bertz CT molecular complexity index is 637. The molecule has 1 aromatic rings. The van der Waals surface area contributed by atoms with Gasteiger partial charge in [0.1, 0.15) is 0 Å². The lowest BCUT2D eigenvalue weighted by atomic mass is 9.98. The fourth-order valence-electron chi connectivity index (χ4n) is 2.82. The lowest BCUT2D eigenvalue weighted by molar-refractivity contribution is 0.0604. The van der Waals surface area contributed by atoms with Gasteiger partial charge in [0.25, 0.3) is 5.91 Å². The van der Waals surface area contributed by atoms with Crippen LogP contribution in [0.15, 0.2) is 24.3 Å². The largest absolute Gasteiger partial charge is 0.399 e. The van der Waals surface area contributed by atoms with Crippen molar-refractivity contribution < 1.29 is 13.2 Å². The molecule has 1 saturated heterocycles. The van der Waals surface area contributed by atoms with Gasteiger partial charge in [0.2, 0.25) is 10.0 Å². The van der Waals surface area contributed by atoms with Gasteiger partial charge in [0.15, 0.2) is 0 Å². The van der Waals surface area contributed by atoms with Crippen molar-refractivity contribution in [2.24, 2.45) is 0 Å². The fraction of sp³-hybridized carbons (Fsp3) is 0.533. The first kappa shape index (κ1) is 19.7. The number of benzene rings is 1. The van der Waals surface area contributed by atoms with E-state index in [4.69, 9.17) is 5.73 Å². The van der Waals surface area contributed by atoms with Gasteiger partial charge in [-0.15, -0.1) is 12.4 Å². The highest BCUT2D eigenvalue weighted by atomic mass is 35.5. The average molecular weight is 362 g/mol. The predicted molar refractivity (Wildman–Crippen MR) is 94.2 cm³/mol. The van der Waals surface area contributed by atoms with Gasteiger partial charge in [-0.2, -0.15) is 0 Å². The number of halogens is 1. The smallest absolute Gasteiger partial charge is 0.254 e. The van der Waals surface area contributed by atoms with E-state index in [9.17, 15) is 13.2 Å². The molecule has 23 heavy (non-hydrogen) atoms. The minimum Gasteiger partial charge on any atom is -0.399 e. The highest BCUT2D eigenvalue weighted by Gasteiger charge is 2.27. The summed E-state index contributed by atoms with van der Waals surface area (Å²) in [5, 5.41) is 0. The number of anilines is 1. The van der Waals surface area contributed by atoms with Crippen molar-refractivity contribution in [1.82, 2.24) is 9.62 Å². The zero-order valence-electron chi connectivity index (χ0n) is 13.2. The first-order valence-electron chi connectivity index (χ1n) is 7.48. The highest BCUT2D eigenvalue weighted by molar-refractivity contribution is 7.88. The van der Waals surface area contributed by atoms with Crippen LogP contribution < -0.4 is 10.5 Å². The molecule has 0 radical (unpaired) electrons. The van der Waals surface area contributed by atoms with Gasteiger partial charge in [-0.25, -0.2) is 13.1 Å². The lowest BCUT2D eigenvalue weighted by Crippen LogP contribution is -2.45. The number of rotatable bonds is 5. The number of hydrogen-bond donors (Lipinski definition) is 2. The normalized spacial score (nSPS) is 18.3. The van der Waals surface area contributed by atoms with Crippen molar-refractivity contribution in [1.29, 1.82) is 0 Å². The molecule has 3 N–H and O–H groups in total. The quantitative estimate of drug-likeness (QED) is 0.779. The van der Waals surface area contributed by atoms with E-state index >= 15 is 0 Å². The molecule has 1 atom stereocenters. The molecule has 1 unspecified atom stereocenters. The molecule has 2 rings (SSSR count). The summed E-state index contributed by atoms with van der Waals surface area (Å²) >= 11 is 0. The van der Waals surface area contributed by atoms with E-state index in [-0.39, 0.29) is 24.4 Å². The molecule has 0 aliphatic carbocycles. The van der Waals surface area contributed by atoms with Crippen LogP contribution in [0.2, 0.25) is 0 Å². The first-order chi connectivity index (χ1) is 10.4. The number of nitrogens with one attached hydrogen (secondary N) is 1. The number of amides is 1. The zero-order valence-corrected chi connectivity index (χ0v) is 14.8. The van der Waals surface area contributed by atoms with Gasteiger partial charge >= 0.3 is 0 Å². The lowest BCUT2D eigenvalue weighted by Gasteiger charge is -2.36. The zero-order chi connectivity index (χ0) is 16.2. The summed E-state index contributed by atoms with van der Waals surface area (Å²) in [5.41, 5.74) is 6.90. The van der Waals surface area contributed by atoms with Crippen molar-refractivity contribution in [3.63, 3.8) is 0 Å². The van der Waals surface area contributed by atoms with E-state index in [1.165, 1.54) is 0 Å². The summed E-state index contributed by atoms with van der Waals surface area (Å²) in [6, 6.07) is 7.03. The van der Waals surface area contributed by atoms with E-state index in [2.05, 4.69) is 4.72 Å². The Labute approximate surface area is 143 Å². The number of hydrogen-bond acceptors (Lipinski definition) is 4. The SMILES string of the molecule is CS(=O)(=O)NCCC1CCCCN1C(=O)c1cccc(N)c1.Cl. The molecule has 8 heteroatoms. The van der Waals surface area contributed by atoms with Crippen LogP contribution in [0.5, 0.6) is 0 Å². The van der Waals surface area contributed by atoms with Gasteiger partial charge in [0, 0.05) is 30.4 Å². The molecule has 1 aromatic carbocycles. The molecular weight excluding hydrogens is 338 g/mol. The molecule has 0 bridgehead atoms. The third-order valence-corrected chi connectivity index (χ3v) is 4.59. The first-order valence-corrected chi connectivity index (χ1v) is 9.37. The van der Waals surface area contributed by atoms with Gasteiger partial charge < -0.3 is 10.6 Å². The van der Waals surface area contributed by atoms with Crippen LogP contribution in [0.4, 0.5) is 5.69 Å². The molecule has 130 valence electrons. The third-order valence-electron chi connectivity index (χ3n) is 3.86. The molecule has 0 spiro atoms. The van der Waals surface area contributed by atoms with Crippen LogP contribution in [0, 0.1) is 0 Å². The average Bonchev–Trinajstić information content (AvgIpc) is 2.46. The Morgan fingerprint density at radius 1 is 1.39 bits per heavy atom. The number of nitrogen functional groups attached to an aromatic ring is 1. The number of nitrogens with two attached hydrogens (primary N) is 1. The summed E-state index contributed by atoms with van der Waals surface area (Å²) in [6.07, 6.45) is 4.71. The molecule has 1 aliphatic heterocycles. The van der Waals surface area contributed by atoms with E-state index in [0.29, 0.717) is 30.8 Å². The van der Waals surface area contributed by atoms with Crippen LogP contribution >= 0.6 is 12.4 Å². The van der Waals surface area contributed by atoms with E-state index in [0.717, 1.165) is 25.5 Å². The second-order valence-corrected chi connectivity index (χ2v) is 7.56. The van der Waals surface area contributed by atoms with Crippen LogP contribution in [0.3, 0.4) is 0 Å². The van der Waals surface area contributed by atoms with Gasteiger partial charge in [-0.05, 0) is 43.9 Å². The second kappa shape index (κ2) is 8.52. The number of likely N-dealkylation sites (tertiary alicyclic amines) is 1. The van der Waals surface area contributed by atoms with E-state index in [1.807, 2.05) is 4.90 Å². The van der Waals surface area contributed by atoms with Gasteiger partial charge in [-0.3, -0.25) is 4.79 Å². The summed E-state index contributed by atoms with van der Waals surface area (Å²) < 4.78 is 24.8. The Balaban J connectivity index is 0.00000264. The van der Waals surface area contributed by atoms with Crippen molar-refractivity contribution in [3.05, 3.63) is 29.8 Å². The summed E-state index contributed by atoms with van der Waals surface area (Å²) in [7, 11) is -3.19. The number of sulfonamides is 1. The predicted octanol–water partition coefficient (Wildman–Crippen LogP) is 1.62. The molecule has 0 aromatic heterocycles. The van der Waals surface area contributed by atoms with E-state index in [1.54, 1.807) is 24.3 Å². The molecule has 1 fully saturated rings. The van der Waals surface area contributed by atoms with Crippen LogP contribution in [0.25, 0.3) is 0 Å². The molecule has 6 nitrogen and oxygen atoms in total. The summed E-state index contributed by atoms with van der Waals surface area (Å²) in [6.45, 7) is 1.06. The van der Waals surface area contributed by atoms with Gasteiger partial charge in [0.05, 0.1) is 6.26 Å². The Morgan fingerprint density at radius 2 is 2.13 bits per heavy atom. The molecule has 1 aliphatic rings. The maximum Gasteiger partial charge on any atom is 0.254 e. The summed E-state index contributed by atoms with van der Waals surface area (Å²) in [5.74, 6) is -0.0312. The maximum absolute atomic E-state index is 12.7. The van der Waals surface area contributed by atoms with Crippen LogP contribution in [-0.4, -0.2) is 44.6 Å². The standard InChI is InChI=1S/C15H23N3O3S.ClH/c1-22(20,21)17-9-8-14-7-2-3-10-18(14)15(19)12-5-4-6-13(16)11-12;/h4-6,11,14,17H,2-3,7-10,16H2,1H3;1H. The summed E-state index contributed by atoms with van der Waals surface area (Å²) in [4.78, 5) is 14.5. The molecular formula is C15H24ClN3O3S. The minimum atomic E-state index is -3.19. The van der Waals surface area contributed by atoms with Crippen LogP contribution in [0.1, 0.15) is 36.0 Å².